The first-order chi connectivity index (χ1) is 14.8. The number of hydrogen-bond acceptors (Lipinski definition) is 4. The van der Waals surface area contributed by atoms with E-state index in [0.29, 0.717) is 22.6 Å². The number of hydrogen-bond donors (Lipinski definition) is 1. The number of halogens is 2. The molecule has 2 aromatic heterocycles. The monoisotopic (exact) mass is 425 g/mol. The second-order valence-corrected chi connectivity index (χ2v) is 7.97. The molecule has 0 spiro atoms. The molecule has 0 saturated carbocycles. The topological polar surface area (TPSA) is 65.4 Å². The maximum absolute atomic E-state index is 13.3. The van der Waals surface area contributed by atoms with E-state index in [0.717, 1.165) is 36.8 Å². The van der Waals surface area contributed by atoms with Gasteiger partial charge >= 0.3 is 6.29 Å². The number of aromatic nitrogens is 2. The lowest BCUT2D eigenvalue weighted by Crippen LogP contribution is -2.25. The molecule has 5 rings (SSSR count). The predicted octanol–water partition coefficient (Wildman–Crippen LogP) is 4.85. The van der Waals surface area contributed by atoms with E-state index >= 15 is 0 Å². The Bertz CT molecular complexity index is 1190. The molecule has 1 N–H and O–H groups in total. The SMILES string of the molecule is Cc1cc2c(cc1-c1ccc(NC(=O)c3c4c(cn3C)CCCC4)nc1)OC(F)(F)O2. The molecule has 8 heteroatoms. The van der Waals surface area contributed by atoms with Crippen LogP contribution in [0.2, 0.25) is 0 Å². The minimum atomic E-state index is -3.66. The van der Waals surface area contributed by atoms with E-state index in [-0.39, 0.29) is 17.4 Å². The molecule has 0 atom stereocenters. The summed E-state index contributed by atoms with van der Waals surface area (Å²) in [6, 6.07) is 6.50. The molecule has 1 aliphatic carbocycles. The van der Waals surface area contributed by atoms with Gasteiger partial charge in [-0.25, -0.2) is 4.98 Å². The zero-order chi connectivity index (χ0) is 21.8. The average Bonchev–Trinajstić information content (AvgIpc) is 3.21. The van der Waals surface area contributed by atoms with Gasteiger partial charge in [0, 0.05) is 25.0 Å². The number of carbonyl (C=O) groups is 1. The number of carbonyl (C=O) groups excluding carboxylic acids is 1. The van der Waals surface area contributed by atoms with Crippen LogP contribution in [0.25, 0.3) is 11.1 Å². The number of nitrogens with one attached hydrogen (secondary N) is 1. The molecule has 2 aliphatic rings. The van der Waals surface area contributed by atoms with Crippen molar-refractivity contribution < 1.29 is 23.0 Å². The summed E-state index contributed by atoms with van der Waals surface area (Å²) in [4.78, 5) is 17.2. The highest BCUT2D eigenvalue weighted by Gasteiger charge is 2.43. The van der Waals surface area contributed by atoms with Gasteiger partial charge in [0.1, 0.15) is 11.5 Å². The van der Waals surface area contributed by atoms with Gasteiger partial charge in [0.2, 0.25) is 0 Å². The van der Waals surface area contributed by atoms with E-state index in [2.05, 4.69) is 19.8 Å². The van der Waals surface area contributed by atoms with Crippen molar-refractivity contribution in [1.82, 2.24) is 9.55 Å². The van der Waals surface area contributed by atoms with Crippen LogP contribution in [0.3, 0.4) is 0 Å². The number of anilines is 1. The van der Waals surface area contributed by atoms with E-state index in [1.807, 2.05) is 17.8 Å². The molecule has 0 unspecified atom stereocenters. The third-order valence-electron chi connectivity index (χ3n) is 5.78. The summed E-state index contributed by atoms with van der Waals surface area (Å²) in [5, 5.41) is 2.87. The van der Waals surface area contributed by atoms with E-state index < -0.39 is 6.29 Å². The number of ether oxygens (including phenoxy) is 2. The lowest BCUT2D eigenvalue weighted by Gasteiger charge is -2.13. The van der Waals surface area contributed by atoms with Gasteiger partial charge in [-0.2, -0.15) is 0 Å². The summed E-state index contributed by atoms with van der Waals surface area (Å²) >= 11 is 0. The van der Waals surface area contributed by atoms with Crippen LogP contribution in [0.5, 0.6) is 11.5 Å². The van der Waals surface area contributed by atoms with Gasteiger partial charge in [-0.3, -0.25) is 4.79 Å². The van der Waals surface area contributed by atoms with E-state index in [1.165, 1.54) is 17.7 Å². The minimum absolute atomic E-state index is 0.00833. The quantitative estimate of drug-likeness (QED) is 0.652. The summed E-state index contributed by atoms with van der Waals surface area (Å²) in [6.45, 7) is 1.80. The fraction of sp³-hybridized carbons (Fsp3) is 0.304. The molecule has 1 aromatic carbocycles. The van der Waals surface area contributed by atoms with Crippen molar-refractivity contribution in [2.75, 3.05) is 5.32 Å². The molecule has 3 heterocycles. The van der Waals surface area contributed by atoms with Crippen molar-refractivity contribution in [2.24, 2.45) is 7.05 Å². The standard InChI is InChI=1S/C23H21F2N3O3/c1-13-9-18-19(31-23(24,25)30-18)10-17(13)14-7-8-20(26-11-14)27-22(29)21-16-6-4-3-5-15(16)12-28(21)2/h7-12H,3-6H2,1-2H3,(H,26,27,29). The van der Waals surface area contributed by atoms with Crippen LogP contribution in [-0.4, -0.2) is 21.8 Å². The number of pyridine rings is 1. The van der Waals surface area contributed by atoms with Crippen LogP contribution in [0.4, 0.5) is 14.6 Å². The molecule has 1 amide bonds. The molecule has 160 valence electrons. The fourth-order valence-corrected chi connectivity index (χ4v) is 4.36. The van der Waals surface area contributed by atoms with Gasteiger partial charge in [-0.15, -0.1) is 8.78 Å². The molecule has 0 radical (unpaired) electrons. The number of aryl methyl sites for hydroxylation is 3. The van der Waals surface area contributed by atoms with Crippen molar-refractivity contribution in [3.05, 3.63) is 59.0 Å². The number of fused-ring (bicyclic) bond motifs is 2. The molecule has 6 nitrogen and oxygen atoms in total. The number of amides is 1. The maximum atomic E-state index is 13.3. The highest BCUT2D eigenvalue weighted by atomic mass is 19.3. The van der Waals surface area contributed by atoms with Crippen LogP contribution in [0.15, 0.2) is 36.7 Å². The van der Waals surface area contributed by atoms with Gasteiger partial charge in [0.25, 0.3) is 5.91 Å². The van der Waals surface area contributed by atoms with Gasteiger partial charge in [-0.1, -0.05) is 0 Å². The van der Waals surface area contributed by atoms with Crippen molar-refractivity contribution in [1.29, 1.82) is 0 Å². The zero-order valence-electron chi connectivity index (χ0n) is 17.2. The first-order valence-electron chi connectivity index (χ1n) is 10.2. The van der Waals surface area contributed by atoms with E-state index in [1.54, 1.807) is 25.3 Å². The molecule has 0 fully saturated rings. The molecule has 0 saturated heterocycles. The lowest BCUT2D eigenvalue weighted by molar-refractivity contribution is -0.286. The molecule has 3 aromatic rings. The third-order valence-corrected chi connectivity index (χ3v) is 5.78. The Morgan fingerprint density at radius 2 is 1.90 bits per heavy atom. The van der Waals surface area contributed by atoms with Crippen molar-refractivity contribution >= 4 is 11.7 Å². The fourth-order valence-electron chi connectivity index (χ4n) is 4.36. The number of alkyl halides is 2. The number of nitrogens with zero attached hydrogens (tertiary/aromatic N) is 2. The number of rotatable bonds is 3. The second-order valence-electron chi connectivity index (χ2n) is 7.97. The average molecular weight is 425 g/mol. The summed E-state index contributed by atoms with van der Waals surface area (Å²) < 4.78 is 37.6. The third kappa shape index (κ3) is 3.52. The summed E-state index contributed by atoms with van der Waals surface area (Å²) in [6.07, 6.45) is 4.13. The minimum Gasteiger partial charge on any atom is -0.395 e. The summed E-state index contributed by atoms with van der Waals surface area (Å²) in [5.41, 5.74) is 5.19. The molecule has 31 heavy (non-hydrogen) atoms. The smallest absolute Gasteiger partial charge is 0.395 e. The number of benzene rings is 1. The molecule has 1 aliphatic heterocycles. The maximum Gasteiger partial charge on any atom is 0.586 e. The van der Waals surface area contributed by atoms with Gasteiger partial charge in [-0.05, 0) is 79.1 Å². The highest BCUT2D eigenvalue weighted by Crippen LogP contribution is 2.44. The molecular weight excluding hydrogens is 404 g/mol. The Morgan fingerprint density at radius 3 is 2.65 bits per heavy atom. The van der Waals surface area contributed by atoms with E-state index in [9.17, 15) is 13.6 Å². The Hall–Kier alpha value is -3.42. The Morgan fingerprint density at radius 1 is 1.16 bits per heavy atom. The molecule has 0 bridgehead atoms. The van der Waals surface area contributed by atoms with Crippen molar-refractivity contribution in [3.63, 3.8) is 0 Å². The Kier molecular flexibility index (Phi) is 4.46. The first-order valence-corrected chi connectivity index (χ1v) is 10.2. The summed E-state index contributed by atoms with van der Waals surface area (Å²) in [5.74, 6) is 0.224. The van der Waals surface area contributed by atoms with Gasteiger partial charge in [0.05, 0.1) is 0 Å². The van der Waals surface area contributed by atoms with Crippen LogP contribution < -0.4 is 14.8 Å². The van der Waals surface area contributed by atoms with Gasteiger partial charge < -0.3 is 19.4 Å². The van der Waals surface area contributed by atoms with Crippen LogP contribution in [0.1, 0.15) is 40.0 Å². The molecular formula is C23H21F2N3O3. The Labute approximate surface area is 177 Å². The van der Waals surface area contributed by atoms with Gasteiger partial charge in [0.15, 0.2) is 11.5 Å². The second kappa shape index (κ2) is 7.08. The van der Waals surface area contributed by atoms with Crippen LogP contribution >= 0.6 is 0 Å². The highest BCUT2D eigenvalue weighted by molar-refractivity contribution is 6.04. The van der Waals surface area contributed by atoms with Crippen molar-refractivity contribution in [2.45, 2.75) is 38.9 Å². The summed E-state index contributed by atoms with van der Waals surface area (Å²) in [7, 11) is 1.88. The van der Waals surface area contributed by atoms with Crippen molar-refractivity contribution in [3.8, 4) is 22.6 Å². The predicted molar refractivity (Wildman–Crippen MR) is 111 cm³/mol. The van der Waals surface area contributed by atoms with Crippen LogP contribution in [0, 0.1) is 6.92 Å². The van der Waals surface area contributed by atoms with E-state index in [4.69, 9.17) is 0 Å². The first kappa shape index (κ1) is 19.5. The van der Waals surface area contributed by atoms with Crippen LogP contribution in [-0.2, 0) is 19.9 Å². The zero-order valence-corrected chi connectivity index (χ0v) is 17.2. The Balaban J connectivity index is 1.37. The lowest BCUT2D eigenvalue weighted by atomic mass is 9.93. The largest absolute Gasteiger partial charge is 0.586 e. The normalized spacial score (nSPS) is 16.1.